The van der Waals surface area contributed by atoms with Crippen LogP contribution in [-0.2, 0) is 5.41 Å². The minimum absolute atomic E-state index is 0.191. The summed E-state index contributed by atoms with van der Waals surface area (Å²) in [6, 6.07) is 13.8. The third-order valence-corrected chi connectivity index (χ3v) is 7.32. The molecule has 1 atom stereocenters. The second-order valence-electron chi connectivity index (χ2n) is 11.4. The van der Waals surface area contributed by atoms with Crippen molar-refractivity contribution in [1.29, 1.82) is 0 Å². The number of benzene rings is 2. The van der Waals surface area contributed by atoms with Crippen LogP contribution in [0.4, 0.5) is 0 Å². The van der Waals surface area contributed by atoms with Gasteiger partial charge in [0.05, 0.1) is 5.39 Å². The molecule has 4 aromatic rings. The number of hydrogen-bond acceptors (Lipinski definition) is 9. The van der Waals surface area contributed by atoms with E-state index in [9.17, 15) is 5.11 Å². The molecule has 1 N–H and O–H groups in total. The van der Waals surface area contributed by atoms with E-state index >= 15 is 0 Å². The van der Waals surface area contributed by atoms with Crippen LogP contribution in [0, 0.1) is 0 Å². The lowest BCUT2D eigenvalue weighted by Crippen LogP contribution is -2.40. The molecule has 4 heterocycles. The molecule has 0 radical (unpaired) electrons. The molecule has 2 aliphatic heterocycles. The van der Waals surface area contributed by atoms with Gasteiger partial charge in [-0.3, -0.25) is 0 Å². The zero-order chi connectivity index (χ0) is 27.0. The second kappa shape index (κ2) is 10.5. The summed E-state index contributed by atoms with van der Waals surface area (Å²) >= 11 is 0. The van der Waals surface area contributed by atoms with Crippen LogP contribution in [0.2, 0.25) is 0 Å². The summed E-state index contributed by atoms with van der Waals surface area (Å²) in [6.45, 7) is 9.87. The summed E-state index contributed by atoms with van der Waals surface area (Å²) in [5.74, 6) is 4.18. The van der Waals surface area contributed by atoms with Crippen LogP contribution >= 0.6 is 0 Å². The SMILES string of the molecule is CC(C)(C)c1nnc(-c2cc3c(OC[C@@H](O)CN4CCC(c5ccc6c(c5)OCCO6)CC4)cccc3o2)o1. The van der Waals surface area contributed by atoms with Gasteiger partial charge < -0.3 is 33.1 Å². The number of nitrogens with zero attached hydrogens (tertiary/aromatic N) is 3. The molecule has 1 saturated heterocycles. The molecule has 2 aromatic carbocycles. The van der Waals surface area contributed by atoms with Gasteiger partial charge >= 0.3 is 0 Å². The van der Waals surface area contributed by atoms with E-state index in [-0.39, 0.29) is 12.0 Å². The van der Waals surface area contributed by atoms with Crippen molar-refractivity contribution in [3.8, 4) is 28.9 Å². The molecule has 9 heteroatoms. The van der Waals surface area contributed by atoms with Gasteiger partial charge in [-0.25, -0.2) is 0 Å². The quantitative estimate of drug-likeness (QED) is 0.345. The molecule has 6 rings (SSSR count). The average molecular weight is 534 g/mol. The van der Waals surface area contributed by atoms with Crippen LogP contribution in [0.1, 0.15) is 51.0 Å². The third-order valence-electron chi connectivity index (χ3n) is 7.32. The Hall–Kier alpha value is -3.56. The number of aliphatic hydroxyl groups excluding tert-OH is 1. The standard InChI is InChI=1S/C30H35N3O6/c1-30(2,3)29-32-31-28(39-29)27-16-22-23(5-4-6-24(22)38-27)37-18-21(34)17-33-11-9-19(10-12-33)20-7-8-25-26(15-20)36-14-13-35-25/h4-8,15-16,19,21,34H,9-14,17-18H2,1-3H3/t21-/m0/s1. The molecule has 0 bridgehead atoms. The van der Waals surface area contributed by atoms with E-state index in [4.69, 9.17) is 23.0 Å². The van der Waals surface area contributed by atoms with Crippen LogP contribution in [0.3, 0.4) is 0 Å². The maximum Gasteiger partial charge on any atom is 0.283 e. The molecule has 39 heavy (non-hydrogen) atoms. The van der Waals surface area contributed by atoms with Crippen molar-refractivity contribution in [3.05, 3.63) is 53.9 Å². The smallest absolute Gasteiger partial charge is 0.283 e. The van der Waals surface area contributed by atoms with Gasteiger partial charge in [0, 0.05) is 18.0 Å². The number of hydrogen-bond donors (Lipinski definition) is 1. The summed E-state index contributed by atoms with van der Waals surface area (Å²) in [7, 11) is 0. The van der Waals surface area contributed by atoms with Crippen molar-refractivity contribution in [2.75, 3.05) is 39.5 Å². The number of aliphatic hydroxyl groups is 1. The number of rotatable bonds is 7. The van der Waals surface area contributed by atoms with E-state index in [1.54, 1.807) is 0 Å². The number of aromatic nitrogens is 2. The molecule has 2 aromatic heterocycles. The first-order valence-electron chi connectivity index (χ1n) is 13.6. The van der Waals surface area contributed by atoms with Gasteiger partial charge in [0.25, 0.3) is 5.89 Å². The van der Waals surface area contributed by atoms with Gasteiger partial charge in [0.2, 0.25) is 5.89 Å². The highest BCUT2D eigenvalue weighted by Crippen LogP contribution is 2.37. The molecule has 0 amide bonds. The van der Waals surface area contributed by atoms with Crippen LogP contribution < -0.4 is 14.2 Å². The number of piperidine rings is 1. The Kier molecular flexibility index (Phi) is 6.95. The van der Waals surface area contributed by atoms with E-state index in [1.807, 2.05) is 51.1 Å². The largest absolute Gasteiger partial charge is 0.490 e. The molecule has 2 aliphatic rings. The van der Waals surface area contributed by atoms with Crippen molar-refractivity contribution in [2.45, 2.75) is 51.0 Å². The normalized spacial score (nSPS) is 17.4. The fraction of sp³-hybridized carbons (Fsp3) is 0.467. The van der Waals surface area contributed by atoms with Crippen LogP contribution in [0.5, 0.6) is 17.2 Å². The maximum absolute atomic E-state index is 10.8. The summed E-state index contributed by atoms with van der Waals surface area (Å²) in [4.78, 5) is 2.31. The lowest BCUT2D eigenvalue weighted by molar-refractivity contribution is 0.0599. The van der Waals surface area contributed by atoms with E-state index in [0.29, 0.717) is 54.6 Å². The first-order valence-corrected chi connectivity index (χ1v) is 13.6. The zero-order valence-corrected chi connectivity index (χ0v) is 22.7. The van der Waals surface area contributed by atoms with Crippen molar-refractivity contribution >= 4 is 11.0 Å². The highest BCUT2D eigenvalue weighted by molar-refractivity contribution is 5.87. The third kappa shape index (κ3) is 5.60. The van der Waals surface area contributed by atoms with Crippen LogP contribution in [0.15, 0.2) is 51.3 Å². The fourth-order valence-electron chi connectivity index (χ4n) is 5.19. The maximum atomic E-state index is 10.8. The number of furan rings is 1. The summed E-state index contributed by atoms with van der Waals surface area (Å²) in [6.07, 6.45) is 1.47. The molecule has 1 fully saturated rings. The lowest BCUT2D eigenvalue weighted by Gasteiger charge is -2.33. The minimum atomic E-state index is -0.609. The zero-order valence-electron chi connectivity index (χ0n) is 22.7. The minimum Gasteiger partial charge on any atom is -0.490 e. The molecule has 9 nitrogen and oxygen atoms in total. The van der Waals surface area contributed by atoms with Gasteiger partial charge in [0.15, 0.2) is 17.3 Å². The molecule has 0 saturated carbocycles. The Balaban J connectivity index is 1.03. The van der Waals surface area contributed by atoms with Crippen molar-refractivity contribution in [3.63, 3.8) is 0 Å². The Labute approximate surface area is 227 Å². The van der Waals surface area contributed by atoms with Gasteiger partial charge in [-0.05, 0) is 61.7 Å². The predicted molar refractivity (Wildman–Crippen MR) is 146 cm³/mol. The highest BCUT2D eigenvalue weighted by atomic mass is 16.6. The molecule has 0 aliphatic carbocycles. The van der Waals surface area contributed by atoms with Gasteiger partial charge in [-0.1, -0.05) is 32.9 Å². The predicted octanol–water partition coefficient (Wildman–Crippen LogP) is 5.17. The Morgan fingerprint density at radius 3 is 2.56 bits per heavy atom. The molecular formula is C30H35N3O6. The highest BCUT2D eigenvalue weighted by Gasteiger charge is 2.25. The van der Waals surface area contributed by atoms with Crippen molar-refractivity contribution in [1.82, 2.24) is 15.1 Å². The van der Waals surface area contributed by atoms with Gasteiger partial charge in [-0.2, -0.15) is 0 Å². The Bertz CT molecular complexity index is 1430. The number of ether oxygens (including phenoxy) is 3. The van der Waals surface area contributed by atoms with Gasteiger partial charge in [0.1, 0.15) is 37.3 Å². The summed E-state index contributed by atoms with van der Waals surface area (Å²) in [5, 5.41) is 19.9. The van der Waals surface area contributed by atoms with Crippen LogP contribution in [0.25, 0.3) is 22.6 Å². The van der Waals surface area contributed by atoms with Crippen molar-refractivity contribution in [2.24, 2.45) is 0 Å². The Morgan fingerprint density at radius 2 is 1.79 bits per heavy atom. The molecule has 206 valence electrons. The Morgan fingerprint density at radius 1 is 1.00 bits per heavy atom. The van der Waals surface area contributed by atoms with E-state index < -0.39 is 6.10 Å². The first kappa shape index (κ1) is 25.7. The van der Waals surface area contributed by atoms with E-state index in [2.05, 4.69) is 27.2 Å². The molecular weight excluding hydrogens is 498 g/mol. The summed E-state index contributed by atoms with van der Waals surface area (Å²) in [5.41, 5.74) is 1.71. The van der Waals surface area contributed by atoms with Crippen molar-refractivity contribution < 1.29 is 28.2 Å². The van der Waals surface area contributed by atoms with Crippen LogP contribution in [-0.4, -0.2) is 65.8 Å². The van der Waals surface area contributed by atoms with E-state index in [1.165, 1.54) is 5.56 Å². The molecule has 0 unspecified atom stereocenters. The molecule has 0 spiro atoms. The number of fused-ring (bicyclic) bond motifs is 2. The average Bonchev–Trinajstić information content (AvgIpc) is 3.60. The first-order chi connectivity index (χ1) is 18.8. The summed E-state index contributed by atoms with van der Waals surface area (Å²) < 4.78 is 29.3. The number of likely N-dealkylation sites (tertiary alicyclic amines) is 1. The number of β-amino-alcohol motifs (C(OH)–C–C–N with tert-alkyl or cyclic N) is 1. The second-order valence-corrected chi connectivity index (χ2v) is 11.4. The monoisotopic (exact) mass is 533 g/mol. The fourth-order valence-corrected chi connectivity index (χ4v) is 5.19. The topological polar surface area (TPSA) is 103 Å². The van der Waals surface area contributed by atoms with Gasteiger partial charge in [-0.15, -0.1) is 10.2 Å². The lowest BCUT2D eigenvalue weighted by atomic mass is 9.89. The van der Waals surface area contributed by atoms with E-state index in [0.717, 1.165) is 42.8 Å².